The molecule has 2 aromatic heterocycles. The SMILES string of the molecule is CC(CC[n+]1c(C=C2[Se]c3ccc(Cl)cc3N2CC(=O)O)sc2cc(I)sc21)S(=O)(=O)[O-]. The van der Waals surface area contributed by atoms with Gasteiger partial charge < -0.3 is 0 Å². The van der Waals surface area contributed by atoms with E-state index in [0.29, 0.717) is 11.6 Å². The Morgan fingerprint density at radius 3 is 2.84 bits per heavy atom. The number of nitrogens with zero attached hydrogens (tertiary/aromatic N) is 2. The molecule has 7 nitrogen and oxygen atoms in total. The summed E-state index contributed by atoms with van der Waals surface area (Å²) in [6.45, 7) is 1.63. The molecular formula is C19H16ClIN2O5S3Se. The molecule has 4 rings (SSSR count). The van der Waals surface area contributed by atoms with Gasteiger partial charge in [-0.25, -0.2) is 0 Å². The summed E-state index contributed by atoms with van der Waals surface area (Å²) >= 11 is 11.5. The van der Waals surface area contributed by atoms with Crippen LogP contribution in [0.5, 0.6) is 0 Å². The van der Waals surface area contributed by atoms with Crippen molar-refractivity contribution in [1.29, 1.82) is 0 Å². The van der Waals surface area contributed by atoms with Gasteiger partial charge in [-0.2, -0.15) is 0 Å². The zero-order valence-corrected chi connectivity index (χ0v) is 23.5. The van der Waals surface area contributed by atoms with Crippen LogP contribution in [-0.2, 0) is 21.5 Å². The van der Waals surface area contributed by atoms with Crippen LogP contribution in [0.25, 0.3) is 15.6 Å². The summed E-state index contributed by atoms with van der Waals surface area (Å²) in [6.07, 6.45) is 2.18. The predicted molar refractivity (Wildman–Crippen MR) is 136 cm³/mol. The predicted octanol–water partition coefficient (Wildman–Crippen LogP) is 3.06. The van der Waals surface area contributed by atoms with Crippen molar-refractivity contribution in [3.63, 3.8) is 0 Å². The number of hydrogen-bond acceptors (Lipinski definition) is 7. The average Bonchev–Trinajstić information content (AvgIpc) is 3.30. The fraction of sp³-hybridized carbons (Fsp3) is 0.263. The van der Waals surface area contributed by atoms with Crippen LogP contribution in [0.3, 0.4) is 0 Å². The molecule has 1 aliphatic rings. The van der Waals surface area contributed by atoms with Crippen molar-refractivity contribution in [3.8, 4) is 0 Å². The zero-order chi connectivity index (χ0) is 23.2. The Labute approximate surface area is 217 Å². The summed E-state index contributed by atoms with van der Waals surface area (Å²) in [5.74, 6) is -0.941. The second kappa shape index (κ2) is 9.49. The van der Waals surface area contributed by atoms with Gasteiger partial charge in [-0.1, -0.05) is 0 Å². The van der Waals surface area contributed by atoms with Gasteiger partial charge in [0.15, 0.2) is 0 Å². The van der Waals surface area contributed by atoms with E-state index >= 15 is 0 Å². The number of anilines is 1. The topological polar surface area (TPSA) is 102 Å². The summed E-state index contributed by atoms with van der Waals surface area (Å²) in [7, 11) is -4.36. The summed E-state index contributed by atoms with van der Waals surface area (Å²) in [4.78, 5) is 14.3. The van der Waals surface area contributed by atoms with Crippen LogP contribution in [0, 0.1) is 2.88 Å². The summed E-state index contributed by atoms with van der Waals surface area (Å²) in [6, 6.07) is 7.59. The van der Waals surface area contributed by atoms with Crippen molar-refractivity contribution in [2.45, 2.75) is 25.1 Å². The molecule has 3 heterocycles. The first-order chi connectivity index (χ1) is 15.0. The molecular weight excluding hydrogens is 674 g/mol. The third kappa shape index (κ3) is 5.17. The molecule has 0 spiro atoms. The Balaban J connectivity index is 1.75. The summed E-state index contributed by atoms with van der Waals surface area (Å²) < 4.78 is 40.3. The van der Waals surface area contributed by atoms with E-state index in [4.69, 9.17) is 11.6 Å². The van der Waals surface area contributed by atoms with Gasteiger partial charge in [-0.15, -0.1) is 0 Å². The molecule has 170 valence electrons. The summed E-state index contributed by atoms with van der Waals surface area (Å²) in [5.41, 5.74) is 0.802. The Kier molecular flexibility index (Phi) is 7.24. The second-order valence-corrected chi connectivity index (χ2v) is 15.5. The van der Waals surface area contributed by atoms with E-state index in [2.05, 4.69) is 28.7 Å². The molecule has 0 saturated heterocycles. The molecule has 1 unspecified atom stereocenters. The van der Waals surface area contributed by atoms with Crippen LogP contribution >= 0.6 is 56.9 Å². The number of aliphatic carboxylic acids is 1. The number of fused-ring (bicyclic) bond motifs is 2. The number of hydrogen-bond donors (Lipinski definition) is 1. The third-order valence-electron chi connectivity index (χ3n) is 4.86. The van der Waals surface area contributed by atoms with Crippen LogP contribution in [0.1, 0.15) is 18.4 Å². The van der Waals surface area contributed by atoms with Crippen molar-refractivity contribution in [2.24, 2.45) is 0 Å². The second-order valence-electron chi connectivity index (χ2n) is 7.08. The normalized spacial score (nSPS) is 16.1. The minimum atomic E-state index is -4.36. The van der Waals surface area contributed by atoms with Gasteiger partial charge in [0.05, 0.1) is 0 Å². The van der Waals surface area contributed by atoms with Crippen molar-refractivity contribution in [3.05, 3.63) is 41.8 Å². The summed E-state index contributed by atoms with van der Waals surface area (Å²) in [5, 5.41) is 9.91. The Bertz CT molecular complexity index is 1350. The first kappa shape index (κ1) is 24.4. The number of aryl methyl sites for hydroxylation is 1. The number of carboxylic acids is 1. The van der Waals surface area contributed by atoms with Gasteiger partial charge in [0.25, 0.3) is 0 Å². The number of halogens is 2. The number of thiophene rings is 1. The fourth-order valence-corrected chi connectivity index (χ4v) is 9.63. The molecule has 0 saturated carbocycles. The number of aromatic nitrogens is 1. The number of carboxylic acid groups (broad SMARTS) is 1. The van der Waals surface area contributed by atoms with E-state index < -0.39 is 21.3 Å². The third-order valence-corrected chi connectivity index (χ3v) is 11.8. The minimum absolute atomic E-state index is 0.106. The molecule has 3 aromatic rings. The number of rotatable bonds is 7. The van der Waals surface area contributed by atoms with E-state index in [1.807, 2.05) is 16.7 Å². The van der Waals surface area contributed by atoms with E-state index in [9.17, 15) is 22.9 Å². The Morgan fingerprint density at radius 1 is 1.41 bits per heavy atom. The van der Waals surface area contributed by atoms with Gasteiger partial charge >= 0.3 is 219 Å². The molecule has 1 aliphatic heterocycles. The standard InChI is InChI=1S/C19H16ClIN2O5S3Se/c1-10(31(26,27)28)4-5-22-16(29-13-7-15(21)30-19(13)22)8-17-23(9-18(24)25)12-6-11(20)2-3-14(12)32-17/h2-3,6-8,10H,4-5,9H2,1H3,(H-,24,25,26,27,28). The number of benzene rings is 1. The molecule has 0 amide bonds. The van der Waals surface area contributed by atoms with Gasteiger partial charge in [-0.3, -0.25) is 0 Å². The van der Waals surface area contributed by atoms with Gasteiger partial charge in [-0.05, 0) is 0 Å². The van der Waals surface area contributed by atoms with Gasteiger partial charge in [0, 0.05) is 0 Å². The van der Waals surface area contributed by atoms with E-state index in [0.717, 1.165) is 32.2 Å². The number of thiazole rings is 1. The average molecular weight is 690 g/mol. The van der Waals surface area contributed by atoms with Crippen molar-refractivity contribution >= 4 is 114 Å². The van der Waals surface area contributed by atoms with E-state index in [-0.39, 0.29) is 27.9 Å². The monoisotopic (exact) mass is 690 g/mol. The molecule has 0 aliphatic carbocycles. The van der Waals surface area contributed by atoms with Crippen LogP contribution in [0.4, 0.5) is 5.69 Å². The quantitative estimate of drug-likeness (QED) is 0.177. The molecule has 1 atom stereocenters. The molecule has 13 heteroatoms. The van der Waals surface area contributed by atoms with Crippen LogP contribution in [0.15, 0.2) is 28.9 Å². The molecule has 0 radical (unpaired) electrons. The first-order valence-corrected chi connectivity index (χ1v) is 15.5. The molecule has 32 heavy (non-hydrogen) atoms. The van der Waals surface area contributed by atoms with Crippen molar-refractivity contribution in [2.75, 3.05) is 11.4 Å². The first-order valence-electron chi connectivity index (χ1n) is 9.27. The van der Waals surface area contributed by atoms with Crippen LogP contribution in [-0.4, -0.2) is 50.8 Å². The van der Waals surface area contributed by atoms with Crippen molar-refractivity contribution < 1.29 is 27.4 Å². The van der Waals surface area contributed by atoms with Crippen LogP contribution in [0.2, 0.25) is 5.02 Å². The Hall–Kier alpha value is -0.731. The van der Waals surface area contributed by atoms with E-state index in [1.54, 1.807) is 39.7 Å². The van der Waals surface area contributed by atoms with E-state index in [1.165, 1.54) is 6.92 Å². The molecule has 1 N–H and O–H groups in total. The van der Waals surface area contributed by atoms with Crippen molar-refractivity contribution in [1.82, 2.24) is 0 Å². The van der Waals surface area contributed by atoms with Crippen LogP contribution < -0.4 is 13.9 Å². The fourth-order valence-electron chi connectivity index (χ4n) is 3.23. The Morgan fingerprint density at radius 2 is 2.16 bits per heavy atom. The molecule has 0 fully saturated rings. The van der Waals surface area contributed by atoms with Gasteiger partial charge in [0.1, 0.15) is 0 Å². The zero-order valence-electron chi connectivity index (χ0n) is 16.4. The maximum absolute atomic E-state index is 11.5. The number of carbonyl (C=O) groups is 1. The maximum atomic E-state index is 11.5. The molecule has 0 bridgehead atoms. The molecule has 1 aromatic carbocycles. The van der Waals surface area contributed by atoms with Gasteiger partial charge in [0.2, 0.25) is 0 Å².